The number of aliphatic hydroxyl groups is 1. The second-order valence-corrected chi connectivity index (χ2v) is 4.39. The van der Waals surface area contributed by atoms with E-state index in [-0.39, 0.29) is 18.5 Å². The Hall–Kier alpha value is -2.52. The molecular weight excluding hydrogens is 270 g/mol. The molecule has 21 heavy (non-hydrogen) atoms. The normalized spacial score (nSPS) is 9.29. The van der Waals surface area contributed by atoms with Gasteiger partial charge in [0.05, 0.1) is 5.56 Å². The van der Waals surface area contributed by atoms with Crippen LogP contribution in [0, 0.1) is 11.8 Å². The molecule has 1 aromatic carbocycles. The lowest BCUT2D eigenvalue weighted by Gasteiger charge is -2.12. The first-order chi connectivity index (χ1) is 10.1. The van der Waals surface area contributed by atoms with Crippen molar-refractivity contribution in [2.45, 2.75) is 0 Å². The van der Waals surface area contributed by atoms with Crippen molar-refractivity contribution >= 4 is 11.9 Å². The Bertz CT molecular complexity index is 559. The highest BCUT2D eigenvalue weighted by Crippen LogP contribution is 2.06. The van der Waals surface area contributed by atoms with Crippen LogP contribution in [0.3, 0.4) is 0 Å². The van der Waals surface area contributed by atoms with E-state index in [9.17, 15) is 9.59 Å². The molecule has 0 atom stereocenters. The van der Waals surface area contributed by atoms with E-state index in [1.165, 1.54) is 4.90 Å². The molecule has 1 aromatic rings. The van der Waals surface area contributed by atoms with Crippen molar-refractivity contribution < 1.29 is 14.7 Å². The Kier molecular flexibility index (Phi) is 6.78. The van der Waals surface area contributed by atoms with Crippen molar-refractivity contribution in [1.82, 2.24) is 15.5 Å². The highest BCUT2D eigenvalue weighted by Gasteiger charge is 2.09. The van der Waals surface area contributed by atoms with E-state index in [1.807, 2.05) is 0 Å². The summed E-state index contributed by atoms with van der Waals surface area (Å²) in [5.41, 5.74) is 0.999. The Balaban J connectivity index is 2.55. The smallest absolute Gasteiger partial charge is 0.316 e. The maximum absolute atomic E-state index is 12.0. The van der Waals surface area contributed by atoms with Gasteiger partial charge in [0.15, 0.2) is 0 Å². The number of urea groups is 1. The van der Waals surface area contributed by atoms with Crippen molar-refractivity contribution in [3.8, 4) is 11.8 Å². The number of carbonyl (C=O) groups excluding carboxylic acids is 2. The molecule has 0 bridgehead atoms. The molecule has 112 valence electrons. The van der Waals surface area contributed by atoms with Crippen LogP contribution in [0.4, 0.5) is 4.79 Å². The number of aliphatic hydroxyl groups excluding tert-OH is 1. The predicted octanol–water partition coefficient (Wildman–Crippen LogP) is 0.0314. The van der Waals surface area contributed by atoms with Crippen molar-refractivity contribution in [1.29, 1.82) is 0 Å². The number of benzene rings is 1. The molecule has 0 fully saturated rings. The van der Waals surface area contributed by atoms with Gasteiger partial charge in [-0.05, 0) is 12.1 Å². The van der Waals surface area contributed by atoms with E-state index in [1.54, 1.807) is 38.4 Å². The standard InChI is InChI=1S/C15H19N3O3/c1-18(2)15(21)17-10-9-16-14(20)13-8-4-3-6-12(13)7-5-11-19/h3-4,6,8,19H,9-11H2,1-2H3,(H,16,20)(H,17,21). The van der Waals surface area contributed by atoms with Gasteiger partial charge in [0.2, 0.25) is 0 Å². The molecule has 0 saturated heterocycles. The summed E-state index contributed by atoms with van der Waals surface area (Å²) in [6.07, 6.45) is 0. The van der Waals surface area contributed by atoms with Gasteiger partial charge in [-0.3, -0.25) is 4.79 Å². The van der Waals surface area contributed by atoms with Crippen molar-refractivity contribution in [2.24, 2.45) is 0 Å². The Morgan fingerprint density at radius 1 is 1.19 bits per heavy atom. The molecule has 3 N–H and O–H groups in total. The molecule has 0 aliphatic rings. The number of hydrogen-bond donors (Lipinski definition) is 3. The summed E-state index contributed by atoms with van der Waals surface area (Å²) < 4.78 is 0. The van der Waals surface area contributed by atoms with E-state index in [0.29, 0.717) is 24.2 Å². The quantitative estimate of drug-likeness (QED) is 0.540. The first kappa shape index (κ1) is 16.5. The maximum Gasteiger partial charge on any atom is 0.316 e. The fourth-order valence-electron chi connectivity index (χ4n) is 1.52. The van der Waals surface area contributed by atoms with Gasteiger partial charge in [0.1, 0.15) is 6.61 Å². The summed E-state index contributed by atoms with van der Waals surface area (Å²) in [7, 11) is 3.29. The highest BCUT2D eigenvalue weighted by molar-refractivity contribution is 5.96. The second kappa shape index (κ2) is 8.61. The Morgan fingerprint density at radius 3 is 2.52 bits per heavy atom. The first-order valence-corrected chi connectivity index (χ1v) is 6.48. The summed E-state index contributed by atoms with van der Waals surface area (Å²) in [4.78, 5) is 24.8. The number of carbonyl (C=O) groups is 2. The molecule has 0 heterocycles. The van der Waals surface area contributed by atoms with Gasteiger partial charge in [0, 0.05) is 32.7 Å². The Labute approximate surface area is 124 Å². The summed E-state index contributed by atoms with van der Waals surface area (Å²) >= 11 is 0. The average molecular weight is 289 g/mol. The number of rotatable bonds is 4. The van der Waals surface area contributed by atoms with Crippen LogP contribution in [-0.4, -0.2) is 55.7 Å². The zero-order valence-corrected chi connectivity index (χ0v) is 12.1. The van der Waals surface area contributed by atoms with E-state index < -0.39 is 0 Å². The van der Waals surface area contributed by atoms with Crippen molar-refractivity contribution in [3.05, 3.63) is 35.4 Å². The summed E-state index contributed by atoms with van der Waals surface area (Å²) in [5.74, 6) is 4.98. The van der Waals surface area contributed by atoms with E-state index in [2.05, 4.69) is 22.5 Å². The van der Waals surface area contributed by atoms with Crippen LogP contribution in [0.2, 0.25) is 0 Å². The summed E-state index contributed by atoms with van der Waals surface area (Å²) in [6, 6.07) is 6.68. The van der Waals surface area contributed by atoms with Crippen LogP contribution in [0.1, 0.15) is 15.9 Å². The lowest BCUT2D eigenvalue weighted by molar-refractivity contribution is 0.0953. The van der Waals surface area contributed by atoms with Gasteiger partial charge >= 0.3 is 6.03 Å². The molecule has 1 rings (SSSR count). The van der Waals surface area contributed by atoms with E-state index in [4.69, 9.17) is 5.11 Å². The molecule has 3 amide bonds. The molecular formula is C15H19N3O3. The minimum atomic E-state index is -0.267. The first-order valence-electron chi connectivity index (χ1n) is 6.48. The number of hydrogen-bond acceptors (Lipinski definition) is 3. The predicted molar refractivity (Wildman–Crippen MR) is 79.8 cm³/mol. The maximum atomic E-state index is 12.0. The zero-order chi connectivity index (χ0) is 15.7. The van der Waals surface area contributed by atoms with Crippen LogP contribution < -0.4 is 10.6 Å². The van der Waals surface area contributed by atoms with Crippen LogP contribution in [0.25, 0.3) is 0 Å². The third kappa shape index (κ3) is 5.55. The van der Waals surface area contributed by atoms with Gasteiger partial charge in [0.25, 0.3) is 5.91 Å². The molecule has 0 saturated carbocycles. The molecule has 0 radical (unpaired) electrons. The topological polar surface area (TPSA) is 81.7 Å². The van der Waals surface area contributed by atoms with Crippen LogP contribution in [0.5, 0.6) is 0 Å². The fraction of sp³-hybridized carbons (Fsp3) is 0.333. The largest absolute Gasteiger partial charge is 0.384 e. The van der Waals surface area contributed by atoms with Gasteiger partial charge in [-0.1, -0.05) is 24.0 Å². The van der Waals surface area contributed by atoms with E-state index >= 15 is 0 Å². The van der Waals surface area contributed by atoms with Gasteiger partial charge < -0.3 is 20.6 Å². The molecule has 0 aliphatic heterocycles. The molecule has 0 aromatic heterocycles. The lowest BCUT2D eigenvalue weighted by atomic mass is 10.1. The van der Waals surface area contributed by atoms with Crippen molar-refractivity contribution in [3.63, 3.8) is 0 Å². The van der Waals surface area contributed by atoms with Crippen LogP contribution in [-0.2, 0) is 0 Å². The SMILES string of the molecule is CN(C)C(=O)NCCNC(=O)c1ccccc1C#CCO. The summed E-state index contributed by atoms with van der Waals surface area (Å²) in [6.45, 7) is 0.403. The monoisotopic (exact) mass is 289 g/mol. The molecule has 6 nitrogen and oxygen atoms in total. The molecule has 0 aliphatic carbocycles. The second-order valence-electron chi connectivity index (χ2n) is 4.39. The third-order valence-corrected chi connectivity index (χ3v) is 2.57. The fourth-order valence-corrected chi connectivity index (χ4v) is 1.52. The van der Waals surface area contributed by atoms with E-state index in [0.717, 1.165) is 0 Å². The minimum Gasteiger partial charge on any atom is -0.384 e. The Morgan fingerprint density at radius 2 is 1.86 bits per heavy atom. The highest BCUT2D eigenvalue weighted by atomic mass is 16.2. The van der Waals surface area contributed by atoms with Crippen LogP contribution in [0.15, 0.2) is 24.3 Å². The van der Waals surface area contributed by atoms with Gasteiger partial charge in [-0.15, -0.1) is 0 Å². The third-order valence-electron chi connectivity index (χ3n) is 2.57. The molecule has 6 heteroatoms. The number of nitrogens with zero attached hydrogens (tertiary/aromatic N) is 1. The lowest BCUT2D eigenvalue weighted by Crippen LogP contribution is -2.39. The molecule has 0 unspecified atom stereocenters. The average Bonchev–Trinajstić information content (AvgIpc) is 2.49. The van der Waals surface area contributed by atoms with Crippen molar-refractivity contribution in [2.75, 3.05) is 33.8 Å². The minimum absolute atomic E-state index is 0.210. The van der Waals surface area contributed by atoms with Gasteiger partial charge in [-0.2, -0.15) is 0 Å². The summed E-state index contributed by atoms with van der Waals surface area (Å²) in [5, 5.41) is 14.1. The zero-order valence-electron chi connectivity index (χ0n) is 12.1. The van der Waals surface area contributed by atoms with Crippen LogP contribution >= 0.6 is 0 Å². The molecule has 0 spiro atoms. The number of nitrogens with one attached hydrogen (secondary N) is 2. The van der Waals surface area contributed by atoms with Gasteiger partial charge in [-0.25, -0.2) is 4.79 Å². The number of amides is 3.